The molecule has 1 unspecified atom stereocenters. The van der Waals surface area contributed by atoms with Crippen LogP contribution in [0.2, 0.25) is 0 Å². The van der Waals surface area contributed by atoms with E-state index in [1.165, 1.54) is 19.3 Å². The Morgan fingerprint density at radius 1 is 1.12 bits per heavy atom. The van der Waals surface area contributed by atoms with E-state index in [4.69, 9.17) is 15.0 Å². The summed E-state index contributed by atoms with van der Waals surface area (Å²) in [5.74, 6) is -0.869. The molecule has 16 heavy (non-hydrogen) atoms. The lowest BCUT2D eigenvalue weighted by Crippen LogP contribution is -2.03. The summed E-state index contributed by atoms with van der Waals surface area (Å²) in [4.78, 5) is 19.3. The lowest BCUT2D eigenvalue weighted by molar-refractivity contribution is -0.137. The molecule has 0 fully saturated rings. The summed E-state index contributed by atoms with van der Waals surface area (Å²) in [6, 6.07) is 0. The van der Waals surface area contributed by atoms with E-state index in [1.54, 1.807) is 0 Å². The first kappa shape index (κ1) is 17.3. The van der Waals surface area contributed by atoms with Crippen molar-refractivity contribution in [1.82, 2.24) is 0 Å². The van der Waals surface area contributed by atoms with Crippen LogP contribution < -0.4 is 0 Å². The van der Waals surface area contributed by atoms with Crippen molar-refractivity contribution in [1.29, 1.82) is 0 Å². The molecular weight excluding hydrogens is 208 g/mol. The van der Waals surface area contributed by atoms with Crippen molar-refractivity contribution >= 4 is 11.9 Å². The fourth-order valence-corrected chi connectivity index (χ4v) is 1.37. The molecule has 0 amide bonds. The zero-order valence-electron chi connectivity index (χ0n) is 10.5. The summed E-state index contributed by atoms with van der Waals surface area (Å²) in [6.07, 6.45) is 5.95. The Hall–Kier alpha value is -1.06. The largest absolute Gasteiger partial charge is 0.481 e. The number of carbonyl (C=O) groups is 2. The van der Waals surface area contributed by atoms with Crippen molar-refractivity contribution in [2.24, 2.45) is 5.92 Å². The minimum Gasteiger partial charge on any atom is -0.481 e. The Morgan fingerprint density at radius 3 is 1.94 bits per heavy atom. The van der Waals surface area contributed by atoms with Crippen molar-refractivity contribution in [3.8, 4) is 0 Å². The SMILES string of the molecule is CC(=O)O.CCCCC(CC)CCC(=O)O. The fourth-order valence-electron chi connectivity index (χ4n) is 1.37. The minimum absolute atomic E-state index is 0.336. The van der Waals surface area contributed by atoms with Crippen LogP contribution in [0.15, 0.2) is 0 Å². The minimum atomic E-state index is -0.833. The lowest BCUT2D eigenvalue weighted by atomic mass is 9.94. The van der Waals surface area contributed by atoms with Crippen molar-refractivity contribution in [3.63, 3.8) is 0 Å². The van der Waals surface area contributed by atoms with E-state index in [9.17, 15) is 4.79 Å². The van der Waals surface area contributed by atoms with Gasteiger partial charge in [0.25, 0.3) is 5.97 Å². The number of carboxylic acid groups (broad SMARTS) is 2. The molecule has 0 heterocycles. The van der Waals surface area contributed by atoms with Crippen molar-refractivity contribution < 1.29 is 19.8 Å². The zero-order chi connectivity index (χ0) is 13.0. The molecule has 1 atom stereocenters. The second-order valence-corrected chi connectivity index (χ2v) is 3.87. The second kappa shape index (κ2) is 12.0. The average molecular weight is 232 g/mol. The second-order valence-electron chi connectivity index (χ2n) is 3.87. The van der Waals surface area contributed by atoms with Gasteiger partial charge >= 0.3 is 5.97 Å². The molecule has 0 radical (unpaired) electrons. The Labute approximate surface area is 97.7 Å². The number of aliphatic carboxylic acids is 2. The van der Waals surface area contributed by atoms with Crippen LogP contribution in [0.4, 0.5) is 0 Å². The van der Waals surface area contributed by atoms with Crippen LogP contribution in [0.25, 0.3) is 0 Å². The maximum absolute atomic E-state index is 10.3. The quantitative estimate of drug-likeness (QED) is 0.707. The number of hydrogen-bond donors (Lipinski definition) is 2. The van der Waals surface area contributed by atoms with E-state index in [0.717, 1.165) is 19.8 Å². The van der Waals surface area contributed by atoms with Crippen LogP contribution in [-0.2, 0) is 9.59 Å². The smallest absolute Gasteiger partial charge is 0.303 e. The molecule has 0 bridgehead atoms. The van der Waals surface area contributed by atoms with Gasteiger partial charge in [-0.1, -0.05) is 39.5 Å². The highest BCUT2D eigenvalue weighted by molar-refractivity contribution is 5.66. The van der Waals surface area contributed by atoms with E-state index in [2.05, 4.69) is 13.8 Å². The van der Waals surface area contributed by atoms with E-state index < -0.39 is 11.9 Å². The molecule has 0 aliphatic heterocycles. The van der Waals surface area contributed by atoms with Crippen LogP contribution in [0.5, 0.6) is 0 Å². The zero-order valence-corrected chi connectivity index (χ0v) is 10.5. The molecule has 96 valence electrons. The first-order chi connectivity index (χ1) is 7.43. The molecule has 4 heteroatoms. The predicted molar refractivity (Wildman–Crippen MR) is 63.5 cm³/mol. The topological polar surface area (TPSA) is 74.6 Å². The van der Waals surface area contributed by atoms with Gasteiger partial charge < -0.3 is 10.2 Å². The maximum atomic E-state index is 10.3. The standard InChI is InChI=1S/C10H20O2.C2H4O2/c1-3-5-6-9(4-2)7-8-10(11)12;1-2(3)4/h9H,3-8H2,1-2H3,(H,11,12);1H3,(H,3,4). The van der Waals surface area contributed by atoms with E-state index in [0.29, 0.717) is 12.3 Å². The van der Waals surface area contributed by atoms with Gasteiger partial charge in [0.2, 0.25) is 0 Å². The van der Waals surface area contributed by atoms with Crippen molar-refractivity contribution in [3.05, 3.63) is 0 Å². The number of hydrogen-bond acceptors (Lipinski definition) is 2. The van der Waals surface area contributed by atoms with Gasteiger partial charge in [-0.25, -0.2) is 0 Å². The van der Waals surface area contributed by atoms with Crippen LogP contribution in [0.1, 0.15) is 59.3 Å². The molecule has 0 saturated carbocycles. The predicted octanol–water partition coefficient (Wildman–Crippen LogP) is 3.16. The highest BCUT2D eigenvalue weighted by Gasteiger charge is 2.07. The average Bonchev–Trinajstić information content (AvgIpc) is 2.17. The molecular formula is C12H24O4. The van der Waals surface area contributed by atoms with Crippen molar-refractivity contribution in [2.75, 3.05) is 0 Å². The highest BCUT2D eigenvalue weighted by atomic mass is 16.4. The fraction of sp³-hybridized carbons (Fsp3) is 0.833. The van der Waals surface area contributed by atoms with Gasteiger partial charge in [-0.2, -0.15) is 0 Å². The number of rotatable bonds is 7. The van der Waals surface area contributed by atoms with Crippen LogP contribution >= 0.6 is 0 Å². The Kier molecular flexibility index (Phi) is 13.0. The third kappa shape index (κ3) is 18.7. The van der Waals surface area contributed by atoms with E-state index >= 15 is 0 Å². The van der Waals surface area contributed by atoms with Crippen LogP contribution in [0.3, 0.4) is 0 Å². The summed E-state index contributed by atoms with van der Waals surface area (Å²) < 4.78 is 0. The van der Waals surface area contributed by atoms with Gasteiger partial charge in [0.15, 0.2) is 0 Å². The monoisotopic (exact) mass is 232 g/mol. The molecule has 0 saturated heterocycles. The lowest BCUT2D eigenvalue weighted by Gasteiger charge is -2.11. The number of unbranched alkanes of at least 4 members (excludes halogenated alkanes) is 1. The summed E-state index contributed by atoms with van der Waals surface area (Å²) in [7, 11) is 0. The summed E-state index contributed by atoms with van der Waals surface area (Å²) in [6.45, 7) is 5.39. The first-order valence-electron chi connectivity index (χ1n) is 5.85. The Morgan fingerprint density at radius 2 is 1.62 bits per heavy atom. The van der Waals surface area contributed by atoms with Crippen LogP contribution in [-0.4, -0.2) is 22.2 Å². The summed E-state index contributed by atoms with van der Waals surface area (Å²) in [5, 5.41) is 15.9. The third-order valence-corrected chi connectivity index (χ3v) is 2.31. The van der Waals surface area contributed by atoms with Gasteiger partial charge in [-0.05, 0) is 12.3 Å². The molecule has 4 nitrogen and oxygen atoms in total. The maximum Gasteiger partial charge on any atom is 0.303 e. The molecule has 0 aromatic rings. The Balaban J connectivity index is 0. The molecule has 0 aromatic carbocycles. The van der Waals surface area contributed by atoms with Gasteiger partial charge in [-0.3, -0.25) is 9.59 Å². The van der Waals surface area contributed by atoms with Gasteiger partial charge in [0.1, 0.15) is 0 Å². The Bertz CT molecular complexity index is 185. The van der Waals surface area contributed by atoms with Gasteiger partial charge in [-0.15, -0.1) is 0 Å². The molecule has 0 aliphatic carbocycles. The van der Waals surface area contributed by atoms with Gasteiger partial charge in [0, 0.05) is 13.3 Å². The summed E-state index contributed by atoms with van der Waals surface area (Å²) >= 11 is 0. The molecule has 0 aliphatic rings. The van der Waals surface area contributed by atoms with Crippen molar-refractivity contribution in [2.45, 2.75) is 59.3 Å². The van der Waals surface area contributed by atoms with Gasteiger partial charge in [0.05, 0.1) is 0 Å². The summed E-state index contributed by atoms with van der Waals surface area (Å²) in [5.41, 5.74) is 0. The third-order valence-electron chi connectivity index (χ3n) is 2.31. The highest BCUT2D eigenvalue weighted by Crippen LogP contribution is 2.17. The first-order valence-corrected chi connectivity index (χ1v) is 5.85. The van der Waals surface area contributed by atoms with Crippen LogP contribution in [0, 0.1) is 5.92 Å². The van der Waals surface area contributed by atoms with E-state index in [1.807, 2.05) is 0 Å². The van der Waals surface area contributed by atoms with E-state index in [-0.39, 0.29) is 0 Å². The molecule has 0 spiro atoms. The molecule has 2 N–H and O–H groups in total. The number of carboxylic acids is 2. The molecule has 0 rings (SSSR count). The molecule has 0 aromatic heterocycles. The normalized spacial score (nSPS) is 11.2.